The summed E-state index contributed by atoms with van der Waals surface area (Å²) in [6.07, 6.45) is 2.00. The third-order valence-electron chi connectivity index (χ3n) is 3.26. The topological polar surface area (TPSA) is 71.2 Å². The zero-order valence-electron chi connectivity index (χ0n) is 9.82. The number of fused-ring (bicyclic) bond motifs is 1. The molecule has 2 amide bonds. The first-order valence-electron chi connectivity index (χ1n) is 5.68. The Morgan fingerprint density at radius 2 is 2.17 bits per heavy atom. The van der Waals surface area contributed by atoms with E-state index >= 15 is 0 Å². The SMILES string of the molecule is COc1ccc2c(C3CC(=O)NC3=O)c[nH]c2c1. The van der Waals surface area contributed by atoms with Crippen molar-refractivity contribution in [3.8, 4) is 5.75 Å². The van der Waals surface area contributed by atoms with E-state index in [1.165, 1.54) is 0 Å². The molecule has 1 aromatic heterocycles. The normalized spacial score (nSPS) is 19.3. The lowest BCUT2D eigenvalue weighted by molar-refractivity contribution is -0.125. The quantitative estimate of drug-likeness (QED) is 0.782. The van der Waals surface area contributed by atoms with E-state index in [4.69, 9.17) is 4.74 Å². The van der Waals surface area contributed by atoms with Crippen molar-refractivity contribution in [2.45, 2.75) is 12.3 Å². The molecule has 3 rings (SSSR count). The van der Waals surface area contributed by atoms with Gasteiger partial charge in [-0.15, -0.1) is 0 Å². The Morgan fingerprint density at radius 3 is 2.83 bits per heavy atom. The van der Waals surface area contributed by atoms with Gasteiger partial charge in [-0.1, -0.05) is 0 Å². The Balaban J connectivity index is 2.08. The van der Waals surface area contributed by atoms with Crippen LogP contribution in [0.25, 0.3) is 10.9 Å². The molecule has 1 unspecified atom stereocenters. The molecule has 5 heteroatoms. The van der Waals surface area contributed by atoms with Crippen LogP contribution in [0.3, 0.4) is 0 Å². The van der Waals surface area contributed by atoms with Crippen LogP contribution >= 0.6 is 0 Å². The minimum absolute atomic E-state index is 0.215. The zero-order valence-corrected chi connectivity index (χ0v) is 9.82. The van der Waals surface area contributed by atoms with Gasteiger partial charge < -0.3 is 9.72 Å². The molecule has 0 radical (unpaired) electrons. The molecule has 1 aliphatic heterocycles. The van der Waals surface area contributed by atoms with Crippen LogP contribution in [0.4, 0.5) is 0 Å². The highest BCUT2D eigenvalue weighted by atomic mass is 16.5. The van der Waals surface area contributed by atoms with Gasteiger partial charge in [-0.05, 0) is 17.7 Å². The van der Waals surface area contributed by atoms with E-state index in [1.54, 1.807) is 13.3 Å². The summed E-state index contributed by atoms with van der Waals surface area (Å²) < 4.78 is 5.14. The molecular formula is C13H12N2O3. The van der Waals surface area contributed by atoms with Crippen molar-refractivity contribution in [1.82, 2.24) is 10.3 Å². The van der Waals surface area contributed by atoms with Crippen molar-refractivity contribution in [1.29, 1.82) is 0 Å². The Morgan fingerprint density at radius 1 is 1.33 bits per heavy atom. The highest BCUT2D eigenvalue weighted by Gasteiger charge is 2.33. The van der Waals surface area contributed by atoms with E-state index < -0.39 is 0 Å². The van der Waals surface area contributed by atoms with E-state index in [-0.39, 0.29) is 24.2 Å². The summed E-state index contributed by atoms with van der Waals surface area (Å²) in [5.41, 5.74) is 1.76. The summed E-state index contributed by atoms with van der Waals surface area (Å²) in [5, 5.41) is 3.28. The van der Waals surface area contributed by atoms with Gasteiger partial charge in [-0.2, -0.15) is 0 Å². The Labute approximate surface area is 103 Å². The van der Waals surface area contributed by atoms with Gasteiger partial charge in [0.25, 0.3) is 0 Å². The average molecular weight is 244 g/mol. The first kappa shape index (κ1) is 10.8. The molecule has 2 aromatic rings. The van der Waals surface area contributed by atoms with Crippen LogP contribution in [0.2, 0.25) is 0 Å². The summed E-state index contributed by atoms with van der Waals surface area (Å²) in [7, 11) is 1.61. The van der Waals surface area contributed by atoms with Gasteiger partial charge in [0.05, 0.1) is 13.0 Å². The van der Waals surface area contributed by atoms with Crippen LogP contribution in [0, 0.1) is 0 Å². The van der Waals surface area contributed by atoms with Gasteiger partial charge in [0.15, 0.2) is 0 Å². The van der Waals surface area contributed by atoms with Gasteiger partial charge in [0.1, 0.15) is 5.75 Å². The monoisotopic (exact) mass is 244 g/mol. The first-order valence-corrected chi connectivity index (χ1v) is 5.68. The number of rotatable bonds is 2. The first-order chi connectivity index (χ1) is 8.69. The molecule has 1 fully saturated rings. The second-order valence-corrected chi connectivity index (χ2v) is 4.32. The molecule has 2 N–H and O–H groups in total. The zero-order chi connectivity index (χ0) is 12.7. The smallest absolute Gasteiger partial charge is 0.234 e. The molecular weight excluding hydrogens is 232 g/mol. The number of amides is 2. The van der Waals surface area contributed by atoms with Crippen LogP contribution in [0.15, 0.2) is 24.4 Å². The maximum Gasteiger partial charge on any atom is 0.234 e. The number of H-pyrrole nitrogens is 1. The minimum Gasteiger partial charge on any atom is -0.497 e. The molecule has 1 saturated heterocycles. The van der Waals surface area contributed by atoms with E-state index in [2.05, 4.69) is 10.3 Å². The van der Waals surface area contributed by atoms with Gasteiger partial charge in [-0.3, -0.25) is 14.9 Å². The van der Waals surface area contributed by atoms with E-state index in [0.717, 1.165) is 22.2 Å². The lowest BCUT2D eigenvalue weighted by Crippen LogP contribution is -2.21. The Kier molecular flexibility index (Phi) is 2.33. The van der Waals surface area contributed by atoms with Crippen molar-refractivity contribution in [2.24, 2.45) is 0 Å². The lowest BCUT2D eigenvalue weighted by atomic mass is 9.97. The number of benzene rings is 1. The maximum atomic E-state index is 11.7. The highest BCUT2D eigenvalue weighted by molar-refractivity contribution is 6.07. The summed E-state index contributed by atoms with van der Waals surface area (Å²) in [6, 6.07) is 5.61. The molecule has 1 aromatic carbocycles. The van der Waals surface area contributed by atoms with Gasteiger partial charge in [-0.25, -0.2) is 0 Å². The van der Waals surface area contributed by atoms with Crippen LogP contribution < -0.4 is 10.1 Å². The number of methoxy groups -OCH3 is 1. The predicted octanol–water partition coefficient (Wildman–Crippen LogP) is 1.31. The lowest BCUT2D eigenvalue weighted by Gasteiger charge is -2.04. The van der Waals surface area contributed by atoms with Crippen LogP contribution in [0.1, 0.15) is 17.9 Å². The molecule has 1 atom stereocenters. The van der Waals surface area contributed by atoms with Crippen molar-refractivity contribution in [3.63, 3.8) is 0 Å². The number of nitrogens with one attached hydrogen (secondary N) is 2. The average Bonchev–Trinajstić information content (AvgIpc) is 2.91. The van der Waals surface area contributed by atoms with Gasteiger partial charge >= 0.3 is 0 Å². The molecule has 0 aliphatic carbocycles. The second kappa shape index (κ2) is 3.87. The van der Waals surface area contributed by atoms with Crippen molar-refractivity contribution in [3.05, 3.63) is 30.0 Å². The fraction of sp³-hybridized carbons (Fsp3) is 0.231. The predicted molar refractivity (Wildman–Crippen MR) is 65.4 cm³/mol. The molecule has 0 bridgehead atoms. The summed E-state index contributed by atoms with van der Waals surface area (Å²) in [6.45, 7) is 0. The van der Waals surface area contributed by atoms with Crippen molar-refractivity contribution >= 4 is 22.7 Å². The largest absolute Gasteiger partial charge is 0.497 e. The molecule has 0 saturated carbocycles. The van der Waals surface area contributed by atoms with Crippen LogP contribution in [-0.2, 0) is 9.59 Å². The second-order valence-electron chi connectivity index (χ2n) is 4.32. The highest BCUT2D eigenvalue weighted by Crippen LogP contribution is 2.32. The van der Waals surface area contributed by atoms with Crippen LogP contribution in [0.5, 0.6) is 5.75 Å². The van der Waals surface area contributed by atoms with Gasteiger partial charge in [0.2, 0.25) is 11.8 Å². The molecule has 18 heavy (non-hydrogen) atoms. The molecule has 5 nitrogen and oxygen atoms in total. The van der Waals surface area contributed by atoms with Crippen molar-refractivity contribution < 1.29 is 14.3 Å². The standard InChI is InChI=1S/C13H12N2O3/c1-18-7-2-3-8-10(6-14-11(8)4-7)9-5-12(16)15-13(9)17/h2-4,6,9,14H,5H2,1H3,(H,15,16,17). The van der Waals surface area contributed by atoms with E-state index in [0.29, 0.717) is 0 Å². The van der Waals surface area contributed by atoms with Gasteiger partial charge in [0, 0.05) is 29.6 Å². The fourth-order valence-corrected chi connectivity index (χ4v) is 2.35. The molecule has 0 spiro atoms. The van der Waals surface area contributed by atoms with E-state index in [1.807, 2.05) is 18.2 Å². The Hall–Kier alpha value is -2.30. The third kappa shape index (κ3) is 1.55. The number of imide groups is 1. The maximum absolute atomic E-state index is 11.7. The minimum atomic E-state index is -0.389. The number of aromatic amines is 1. The Bertz CT molecular complexity index is 645. The third-order valence-corrected chi connectivity index (χ3v) is 3.26. The fourth-order valence-electron chi connectivity index (χ4n) is 2.35. The van der Waals surface area contributed by atoms with Crippen molar-refractivity contribution in [2.75, 3.05) is 7.11 Å². The number of ether oxygens (including phenoxy) is 1. The van der Waals surface area contributed by atoms with E-state index in [9.17, 15) is 9.59 Å². The number of carbonyl (C=O) groups is 2. The summed E-state index contributed by atoms with van der Waals surface area (Å²) in [4.78, 5) is 26.0. The summed E-state index contributed by atoms with van der Waals surface area (Å²) >= 11 is 0. The molecule has 92 valence electrons. The summed E-state index contributed by atoms with van der Waals surface area (Å²) in [5.74, 6) is -0.0768. The number of hydrogen-bond acceptors (Lipinski definition) is 3. The number of hydrogen-bond donors (Lipinski definition) is 2. The number of aromatic nitrogens is 1. The number of carbonyl (C=O) groups excluding carboxylic acids is 2. The molecule has 2 heterocycles. The van der Waals surface area contributed by atoms with Crippen LogP contribution in [-0.4, -0.2) is 23.9 Å². The molecule has 1 aliphatic rings.